The smallest absolute Gasteiger partial charge is 0.288 e. The van der Waals surface area contributed by atoms with Gasteiger partial charge in [-0.3, -0.25) is 19.3 Å². The molecule has 3 aliphatic heterocycles. The zero-order valence-electron chi connectivity index (χ0n) is 17.4. The Bertz CT molecular complexity index is 986. The van der Waals surface area contributed by atoms with E-state index in [1.807, 2.05) is 60.7 Å². The summed E-state index contributed by atoms with van der Waals surface area (Å²) in [5, 5.41) is 3.01. The Morgan fingerprint density at radius 2 is 1.58 bits per heavy atom. The number of hydrogen-bond acceptors (Lipinski definition) is 4. The van der Waals surface area contributed by atoms with Gasteiger partial charge < -0.3 is 15.1 Å². The molecule has 3 amide bonds. The van der Waals surface area contributed by atoms with E-state index < -0.39 is 5.54 Å². The van der Waals surface area contributed by atoms with Gasteiger partial charge in [-0.25, -0.2) is 0 Å². The van der Waals surface area contributed by atoms with Gasteiger partial charge in [0.05, 0.1) is 32.7 Å². The van der Waals surface area contributed by atoms with Crippen molar-refractivity contribution < 1.29 is 19.3 Å². The van der Waals surface area contributed by atoms with Crippen LogP contribution >= 0.6 is 0 Å². The van der Waals surface area contributed by atoms with E-state index in [-0.39, 0.29) is 30.2 Å². The Hall–Kier alpha value is -3.19. The molecular formula is C24H27N4O3+. The minimum absolute atomic E-state index is 0.0648. The number of amides is 3. The van der Waals surface area contributed by atoms with Gasteiger partial charge in [0.2, 0.25) is 11.8 Å². The number of rotatable bonds is 4. The minimum atomic E-state index is -0.569. The summed E-state index contributed by atoms with van der Waals surface area (Å²) in [6.07, 6.45) is 1.59. The van der Waals surface area contributed by atoms with E-state index in [0.717, 1.165) is 16.2 Å². The monoisotopic (exact) mass is 419 g/mol. The van der Waals surface area contributed by atoms with Crippen LogP contribution in [-0.4, -0.2) is 54.0 Å². The Morgan fingerprint density at radius 3 is 2.26 bits per heavy atom. The van der Waals surface area contributed by atoms with Crippen molar-refractivity contribution in [2.75, 3.05) is 24.7 Å². The van der Waals surface area contributed by atoms with Crippen LogP contribution in [0, 0.1) is 0 Å². The largest absolute Gasteiger partial charge is 0.339 e. The number of hydrogen-bond donors (Lipinski definition) is 2. The molecule has 0 aromatic heterocycles. The molecule has 5 rings (SSSR count). The summed E-state index contributed by atoms with van der Waals surface area (Å²) in [4.78, 5) is 43.2. The van der Waals surface area contributed by atoms with Crippen LogP contribution in [0.1, 0.15) is 24.8 Å². The second kappa shape index (κ2) is 7.81. The van der Waals surface area contributed by atoms with Gasteiger partial charge in [-0.1, -0.05) is 48.5 Å². The molecule has 3 aliphatic rings. The molecule has 0 radical (unpaired) electrons. The van der Waals surface area contributed by atoms with E-state index in [1.165, 1.54) is 4.90 Å². The maximum atomic E-state index is 13.1. The Labute approximate surface area is 181 Å². The van der Waals surface area contributed by atoms with Gasteiger partial charge in [-0.15, -0.1) is 0 Å². The van der Waals surface area contributed by atoms with Crippen molar-refractivity contribution >= 4 is 23.4 Å². The molecule has 7 nitrogen and oxygen atoms in total. The first-order valence-corrected chi connectivity index (χ1v) is 10.9. The molecule has 0 aliphatic carbocycles. The first-order chi connectivity index (χ1) is 15.1. The SMILES string of the molecule is O=C1C[C@@H]([NH+]2CCC3(CC2)C(=O)NCN3c2ccccc2)C(=O)N1Cc1ccccc1. The molecule has 1 spiro atoms. The molecular weight excluding hydrogens is 392 g/mol. The summed E-state index contributed by atoms with van der Waals surface area (Å²) in [6.45, 7) is 2.22. The van der Waals surface area contributed by atoms with Gasteiger partial charge in [0, 0.05) is 18.5 Å². The number of imide groups is 1. The summed E-state index contributed by atoms with van der Waals surface area (Å²) in [7, 11) is 0. The highest BCUT2D eigenvalue weighted by Crippen LogP contribution is 2.34. The molecule has 2 aromatic carbocycles. The summed E-state index contributed by atoms with van der Waals surface area (Å²) in [5.74, 6) is -0.123. The summed E-state index contributed by atoms with van der Waals surface area (Å²) in [6, 6.07) is 19.3. The number of benzene rings is 2. The van der Waals surface area contributed by atoms with Crippen LogP contribution < -0.4 is 15.1 Å². The van der Waals surface area contributed by atoms with E-state index >= 15 is 0 Å². The second-order valence-corrected chi connectivity index (χ2v) is 8.68. The van der Waals surface area contributed by atoms with E-state index in [1.54, 1.807) is 0 Å². The molecule has 2 N–H and O–H groups in total. The molecule has 31 heavy (non-hydrogen) atoms. The number of para-hydroxylation sites is 1. The summed E-state index contributed by atoms with van der Waals surface area (Å²) < 4.78 is 0. The van der Waals surface area contributed by atoms with Gasteiger partial charge in [-0.2, -0.15) is 0 Å². The normalized spacial score (nSPS) is 28.5. The highest BCUT2D eigenvalue weighted by Gasteiger charge is 2.54. The number of likely N-dealkylation sites (tertiary alicyclic amines) is 2. The maximum Gasteiger partial charge on any atom is 0.288 e. The molecule has 160 valence electrons. The highest BCUT2D eigenvalue weighted by molar-refractivity contribution is 6.04. The van der Waals surface area contributed by atoms with Crippen LogP contribution in [0.5, 0.6) is 0 Å². The van der Waals surface area contributed by atoms with Gasteiger partial charge in [-0.05, 0) is 17.7 Å². The number of carbonyl (C=O) groups excluding carboxylic acids is 3. The summed E-state index contributed by atoms with van der Waals surface area (Å²) >= 11 is 0. The molecule has 0 bridgehead atoms. The number of nitrogens with zero attached hydrogens (tertiary/aromatic N) is 2. The third-order valence-electron chi connectivity index (χ3n) is 7.04. The van der Waals surface area contributed by atoms with Crippen molar-refractivity contribution in [1.29, 1.82) is 0 Å². The topological polar surface area (TPSA) is 74.2 Å². The number of quaternary nitrogens is 1. The van der Waals surface area contributed by atoms with Crippen molar-refractivity contribution in [1.82, 2.24) is 10.2 Å². The molecule has 2 aromatic rings. The quantitative estimate of drug-likeness (QED) is 0.701. The fourth-order valence-corrected chi connectivity index (χ4v) is 5.30. The molecule has 1 atom stereocenters. The van der Waals surface area contributed by atoms with E-state index in [4.69, 9.17) is 0 Å². The van der Waals surface area contributed by atoms with Gasteiger partial charge in [0.1, 0.15) is 5.54 Å². The van der Waals surface area contributed by atoms with E-state index in [2.05, 4.69) is 10.2 Å². The van der Waals surface area contributed by atoms with Gasteiger partial charge in [0.15, 0.2) is 6.04 Å². The Balaban J connectivity index is 1.29. The molecule has 3 heterocycles. The zero-order valence-corrected chi connectivity index (χ0v) is 17.4. The minimum Gasteiger partial charge on any atom is -0.339 e. The number of nitrogens with one attached hydrogen (secondary N) is 2. The van der Waals surface area contributed by atoms with E-state index in [9.17, 15) is 14.4 Å². The Morgan fingerprint density at radius 1 is 0.935 bits per heavy atom. The van der Waals surface area contributed by atoms with Crippen LogP contribution in [0.4, 0.5) is 5.69 Å². The van der Waals surface area contributed by atoms with Crippen molar-refractivity contribution in [2.24, 2.45) is 0 Å². The van der Waals surface area contributed by atoms with Crippen LogP contribution in [0.15, 0.2) is 60.7 Å². The second-order valence-electron chi connectivity index (χ2n) is 8.68. The number of carbonyl (C=O) groups is 3. The van der Waals surface area contributed by atoms with Crippen LogP contribution in [0.25, 0.3) is 0 Å². The van der Waals surface area contributed by atoms with Crippen LogP contribution in [0.2, 0.25) is 0 Å². The van der Waals surface area contributed by atoms with Gasteiger partial charge >= 0.3 is 0 Å². The highest BCUT2D eigenvalue weighted by atomic mass is 16.2. The predicted molar refractivity (Wildman–Crippen MR) is 115 cm³/mol. The third-order valence-corrected chi connectivity index (χ3v) is 7.04. The molecule has 3 fully saturated rings. The standard InChI is InChI=1S/C24H26N4O3/c29-21-15-20(22(30)27(21)16-18-7-3-1-4-8-18)26-13-11-24(12-14-26)23(31)25-17-28(24)19-9-5-2-6-10-19/h1-10,20H,11-17H2,(H,25,31)/p+1/t20-/m1/s1. The number of anilines is 1. The fraction of sp³-hybridized carbons (Fsp3) is 0.375. The molecule has 0 unspecified atom stereocenters. The predicted octanol–water partition coefficient (Wildman–Crippen LogP) is 0.326. The number of piperidine rings is 1. The zero-order chi connectivity index (χ0) is 21.4. The molecule has 0 saturated carbocycles. The maximum absolute atomic E-state index is 13.1. The van der Waals surface area contributed by atoms with Crippen LogP contribution in [0.3, 0.4) is 0 Å². The first kappa shape index (κ1) is 19.8. The van der Waals surface area contributed by atoms with Crippen molar-refractivity contribution in [3.63, 3.8) is 0 Å². The first-order valence-electron chi connectivity index (χ1n) is 10.9. The lowest BCUT2D eigenvalue weighted by atomic mass is 9.85. The lowest BCUT2D eigenvalue weighted by Crippen LogP contribution is -3.18. The summed E-state index contributed by atoms with van der Waals surface area (Å²) in [5.41, 5.74) is 1.42. The van der Waals surface area contributed by atoms with Crippen molar-refractivity contribution in [3.8, 4) is 0 Å². The average Bonchev–Trinajstić information content (AvgIpc) is 3.27. The van der Waals surface area contributed by atoms with Crippen LogP contribution in [-0.2, 0) is 20.9 Å². The van der Waals surface area contributed by atoms with Crippen molar-refractivity contribution in [3.05, 3.63) is 66.2 Å². The average molecular weight is 420 g/mol. The lowest BCUT2D eigenvalue weighted by Gasteiger charge is -2.42. The molecule has 7 heteroatoms. The van der Waals surface area contributed by atoms with E-state index in [0.29, 0.717) is 39.1 Å². The third kappa shape index (κ3) is 3.39. The lowest BCUT2D eigenvalue weighted by molar-refractivity contribution is -0.920. The fourth-order valence-electron chi connectivity index (χ4n) is 5.30. The molecule has 3 saturated heterocycles. The van der Waals surface area contributed by atoms with Gasteiger partial charge in [0.25, 0.3) is 5.91 Å². The van der Waals surface area contributed by atoms with Crippen molar-refractivity contribution in [2.45, 2.75) is 37.4 Å². The Kier molecular flexibility index (Phi) is 4.98.